The number of fused-ring (bicyclic) bond motifs is 2. The summed E-state index contributed by atoms with van der Waals surface area (Å²) in [7, 11) is 0. The Morgan fingerprint density at radius 3 is 2.62 bits per heavy atom. The molecule has 0 radical (unpaired) electrons. The van der Waals surface area contributed by atoms with Crippen molar-refractivity contribution < 1.29 is 28.7 Å². The minimum atomic E-state index is -1.08. The largest absolute Gasteiger partial charge is 0.458 e. The zero-order chi connectivity index (χ0) is 32.8. The Kier molecular flexibility index (Phi) is 11.0. The number of rotatable bonds is 15. The summed E-state index contributed by atoms with van der Waals surface area (Å²) in [6.45, 7) is 10.7. The molecule has 4 rings (SSSR count). The summed E-state index contributed by atoms with van der Waals surface area (Å²) < 4.78 is 5.53. The van der Waals surface area contributed by atoms with Crippen molar-refractivity contribution in [3.05, 3.63) is 48.7 Å². The first kappa shape index (κ1) is 34.1. The number of unbranched alkanes of at least 4 members (excludes halogenated alkanes) is 1. The number of nitrogens with one attached hydrogen (secondary N) is 5. The molecule has 1 aromatic heterocycles. The Hall–Kier alpha value is -3.80. The van der Waals surface area contributed by atoms with Crippen LogP contribution in [0.25, 0.3) is 10.9 Å². The van der Waals surface area contributed by atoms with Gasteiger partial charge in [0.15, 0.2) is 5.78 Å². The molecule has 2 aliphatic rings. The zero-order valence-corrected chi connectivity index (χ0v) is 27.3. The quantitative estimate of drug-likeness (QED) is 0.0861. The van der Waals surface area contributed by atoms with E-state index in [0.29, 0.717) is 6.42 Å². The van der Waals surface area contributed by atoms with Gasteiger partial charge in [-0.1, -0.05) is 31.2 Å². The number of hydrogen-bond acceptors (Lipinski definition) is 7. The highest BCUT2D eigenvalue weighted by Gasteiger charge is 2.52. The second kappa shape index (κ2) is 14.5. The number of aromatic nitrogens is 1. The van der Waals surface area contributed by atoms with Gasteiger partial charge in [-0.15, -0.1) is 0 Å². The topological polar surface area (TPSA) is 158 Å². The van der Waals surface area contributed by atoms with Gasteiger partial charge < -0.3 is 31.0 Å². The van der Waals surface area contributed by atoms with Gasteiger partial charge in [0, 0.05) is 47.4 Å². The lowest BCUT2D eigenvalue weighted by molar-refractivity contribution is -0.159. The molecule has 12 heteroatoms. The fourth-order valence-electron chi connectivity index (χ4n) is 5.86. The number of allylic oxidation sites excluding steroid dienone is 1. The lowest BCUT2D eigenvalue weighted by Crippen LogP contribution is -2.53. The van der Waals surface area contributed by atoms with Crippen LogP contribution in [0.2, 0.25) is 0 Å². The highest BCUT2D eigenvalue weighted by atomic mass is 32.2. The van der Waals surface area contributed by atoms with Gasteiger partial charge in [-0.2, -0.15) is 11.8 Å². The van der Waals surface area contributed by atoms with E-state index in [1.807, 2.05) is 42.2 Å². The number of H-pyrrole nitrogens is 1. The van der Waals surface area contributed by atoms with Gasteiger partial charge in [-0.3, -0.25) is 14.4 Å². The van der Waals surface area contributed by atoms with Crippen molar-refractivity contribution >= 4 is 52.3 Å². The van der Waals surface area contributed by atoms with Gasteiger partial charge in [0.2, 0.25) is 11.8 Å². The van der Waals surface area contributed by atoms with Crippen LogP contribution in [0.15, 0.2) is 43.1 Å². The number of aromatic amines is 1. The summed E-state index contributed by atoms with van der Waals surface area (Å²) in [5.74, 6) is -0.865. The number of ether oxygens (including phenoxy) is 1. The Morgan fingerprint density at radius 1 is 1.13 bits per heavy atom. The van der Waals surface area contributed by atoms with Gasteiger partial charge in [0.25, 0.3) is 0 Å². The SMILES string of the molecule is C=CC(=O)CC[C@H](NC(=O)C(Cc1c[nH]c2ccccc12)NC(=O)CCCC[C@@H]1SC[C@H]2NC(=O)N[C@@]12C)C(=O)OC(C)(C)C. The summed E-state index contributed by atoms with van der Waals surface area (Å²) in [6, 6.07) is 5.60. The van der Waals surface area contributed by atoms with E-state index in [-0.39, 0.29) is 60.2 Å². The van der Waals surface area contributed by atoms with Crippen molar-refractivity contribution in [3.63, 3.8) is 0 Å². The van der Waals surface area contributed by atoms with E-state index >= 15 is 0 Å². The molecule has 5 atom stereocenters. The fraction of sp³-hybridized carbons (Fsp3) is 0.545. The number of hydrogen-bond donors (Lipinski definition) is 5. The van der Waals surface area contributed by atoms with Crippen LogP contribution in [0.5, 0.6) is 0 Å². The predicted molar refractivity (Wildman–Crippen MR) is 175 cm³/mol. The third kappa shape index (κ3) is 8.90. The number of ketones is 1. The minimum Gasteiger partial charge on any atom is -0.458 e. The number of esters is 1. The average molecular weight is 640 g/mol. The molecule has 2 aromatic rings. The van der Waals surface area contributed by atoms with Gasteiger partial charge >= 0.3 is 12.0 Å². The van der Waals surface area contributed by atoms with E-state index in [1.165, 1.54) is 6.08 Å². The van der Waals surface area contributed by atoms with Crippen LogP contribution in [-0.2, 0) is 30.3 Å². The molecule has 1 unspecified atom stereocenters. The Labute approximate surface area is 268 Å². The van der Waals surface area contributed by atoms with E-state index in [0.717, 1.165) is 35.1 Å². The molecular formula is C33H45N5O6S. The molecule has 45 heavy (non-hydrogen) atoms. The third-order valence-corrected chi connectivity index (χ3v) is 9.98. The first-order chi connectivity index (χ1) is 21.3. The highest BCUT2D eigenvalue weighted by molar-refractivity contribution is 8.00. The molecule has 5 N–H and O–H groups in total. The van der Waals surface area contributed by atoms with Crippen molar-refractivity contribution in [1.82, 2.24) is 26.3 Å². The van der Waals surface area contributed by atoms with E-state index in [2.05, 4.69) is 39.8 Å². The number of amides is 4. The molecule has 3 heterocycles. The molecule has 4 amide bonds. The normalized spacial score (nSPS) is 22.1. The molecule has 11 nitrogen and oxygen atoms in total. The molecule has 2 saturated heterocycles. The summed E-state index contributed by atoms with van der Waals surface area (Å²) in [5, 5.41) is 12.9. The summed E-state index contributed by atoms with van der Waals surface area (Å²) >= 11 is 1.83. The van der Waals surface area contributed by atoms with Crippen LogP contribution in [0.4, 0.5) is 4.79 Å². The fourth-order valence-corrected chi connectivity index (χ4v) is 7.62. The predicted octanol–water partition coefficient (Wildman–Crippen LogP) is 3.67. The number of benzene rings is 1. The Bertz CT molecular complexity index is 1430. The van der Waals surface area contributed by atoms with Crippen molar-refractivity contribution in [2.75, 3.05) is 5.75 Å². The summed E-state index contributed by atoms with van der Waals surface area (Å²) in [5.41, 5.74) is 0.653. The first-order valence-corrected chi connectivity index (χ1v) is 16.6. The lowest BCUT2D eigenvalue weighted by Gasteiger charge is -2.29. The van der Waals surface area contributed by atoms with Crippen molar-refractivity contribution in [2.24, 2.45) is 0 Å². The van der Waals surface area contributed by atoms with E-state index in [9.17, 15) is 24.0 Å². The van der Waals surface area contributed by atoms with Crippen LogP contribution in [0, 0.1) is 0 Å². The summed E-state index contributed by atoms with van der Waals surface area (Å²) in [4.78, 5) is 66.9. The van der Waals surface area contributed by atoms with Crippen molar-refractivity contribution in [2.45, 2.75) is 107 Å². The summed E-state index contributed by atoms with van der Waals surface area (Å²) in [6.07, 6.45) is 5.72. The maximum atomic E-state index is 13.7. The number of urea groups is 1. The smallest absolute Gasteiger partial charge is 0.329 e. The molecule has 244 valence electrons. The van der Waals surface area contributed by atoms with Crippen molar-refractivity contribution in [1.29, 1.82) is 0 Å². The monoisotopic (exact) mass is 639 g/mol. The van der Waals surface area contributed by atoms with Gasteiger partial charge in [-0.25, -0.2) is 9.59 Å². The lowest BCUT2D eigenvalue weighted by atomic mass is 9.88. The molecule has 0 spiro atoms. The highest BCUT2D eigenvalue weighted by Crippen LogP contribution is 2.41. The van der Waals surface area contributed by atoms with E-state index in [1.54, 1.807) is 20.8 Å². The minimum absolute atomic E-state index is 0.00593. The molecule has 2 aliphatic heterocycles. The third-order valence-electron chi connectivity index (χ3n) is 8.33. The van der Waals surface area contributed by atoms with E-state index < -0.39 is 29.6 Å². The van der Waals surface area contributed by atoms with Gasteiger partial charge in [0.05, 0.1) is 11.6 Å². The number of carbonyl (C=O) groups is 5. The molecule has 2 fully saturated rings. The first-order valence-electron chi connectivity index (χ1n) is 15.5. The molecular weight excluding hydrogens is 594 g/mol. The van der Waals surface area contributed by atoms with Crippen LogP contribution < -0.4 is 21.3 Å². The van der Waals surface area contributed by atoms with Crippen LogP contribution in [0.3, 0.4) is 0 Å². The molecule has 0 aliphatic carbocycles. The average Bonchev–Trinajstić information content (AvgIpc) is 3.61. The Balaban J connectivity index is 1.41. The molecule has 1 aromatic carbocycles. The van der Waals surface area contributed by atoms with Crippen LogP contribution in [0.1, 0.15) is 71.8 Å². The zero-order valence-electron chi connectivity index (χ0n) is 26.5. The molecule has 0 bridgehead atoms. The molecule has 0 saturated carbocycles. The second-order valence-electron chi connectivity index (χ2n) is 13.0. The maximum absolute atomic E-state index is 13.7. The van der Waals surface area contributed by atoms with E-state index in [4.69, 9.17) is 4.74 Å². The van der Waals surface area contributed by atoms with Crippen LogP contribution in [-0.4, -0.2) is 74.9 Å². The Morgan fingerprint density at radius 2 is 1.89 bits per heavy atom. The standard InChI is InChI=1S/C33H45N5O6S/c1-6-21(39)15-16-24(30(42)44-32(2,3)4)36-29(41)25(17-20-18-34-23-12-8-7-11-22(20)23)35-28(40)14-10-9-13-27-33(5)26(19-45-27)37-31(43)38-33/h6-8,11-12,18,24-27,34H,1,9-10,13-17,19H2,2-5H3,(H,35,40)(H,36,41)(H2,37,38,43)/t24-,25?,26+,27-,33+/m0/s1. The number of para-hydroxylation sites is 1. The van der Waals surface area contributed by atoms with Gasteiger partial charge in [-0.05, 0) is 64.7 Å². The second-order valence-corrected chi connectivity index (χ2v) is 14.2. The number of thioether (sulfide) groups is 1. The van der Waals surface area contributed by atoms with Crippen LogP contribution >= 0.6 is 11.8 Å². The van der Waals surface area contributed by atoms with Crippen molar-refractivity contribution in [3.8, 4) is 0 Å². The maximum Gasteiger partial charge on any atom is 0.329 e. The number of carbonyl (C=O) groups excluding carboxylic acids is 5. The van der Waals surface area contributed by atoms with Gasteiger partial charge in [0.1, 0.15) is 17.7 Å².